The summed E-state index contributed by atoms with van der Waals surface area (Å²) >= 11 is 0. The van der Waals surface area contributed by atoms with Gasteiger partial charge >= 0.3 is 0 Å². The fraction of sp³-hybridized carbons (Fsp3) is 0.314. The maximum Gasteiger partial charge on any atom is 0.184 e. The van der Waals surface area contributed by atoms with Gasteiger partial charge in [-0.25, -0.2) is 0 Å². The van der Waals surface area contributed by atoms with Gasteiger partial charge in [0.2, 0.25) is 0 Å². The van der Waals surface area contributed by atoms with Crippen LogP contribution in [0.5, 0.6) is 0 Å². The lowest BCUT2D eigenvalue weighted by Crippen LogP contribution is -2.43. The number of hydrogen-bond acceptors (Lipinski definition) is 6. The van der Waals surface area contributed by atoms with Crippen LogP contribution in [0.4, 0.5) is 0 Å². The first-order chi connectivity index (χ1) is 20.0. The Hall–Kier alpha value is -3.36. The molecule has 4 N–H and O–H groups in total. The number of aliphatic hydroxyl groups is 2. The van der Waals surface area contributed by atoms with Gasteiger partial charge in [-0.1, -0.05) is 103 Å². The van der Waals surface area contributed by atoms with E-state index in [1.807, 2.05) is 80.7 Å². The molecule has 1 heterocycles. The highest BCUT2D eigenvalue weighted by Crippen LogP contribution is 2.39. The number of rotatable bonds is 10. The van der Waals surface area contributed by atoms with Gasteiger partial charge in [-0.15, -0.1) is 0 Å². The third-order valence-corrected chi connectivity index (χ3v) is 8.13. The van der Waals surface area contributed by atoms with Crippen molar-refractivity contribution < 1.29 is 19.7 Å². The summed E-state index contributed by atoms with van der Waals surface area (Å²) < 4.78 is 13.1. The lowest BCUT2D eigenvalue weighted by Gasteiger charge is -2.39. The summed E-state index contributed by atoms with van der Waals surface area (Å²) in [5, 5.41) is 20.5. The van der Waals surface area contributed by atoms with Crippen LogP contribution < -0.4 is 5.73 Å². The van der Waals surface area contributed by atoms with Crippen molar-refractivity contribution in [3.63, 3.8) is 0 Å². The maximum absolute atomic E-state index is 11.0. The molecule has 1 saturated heterocycles. The van der Waals surface area contributed by atoms with Gasteiger partial charge in [0.1, 0.15) is 0 Å². The summed E-state index contributed by atoms with van der Waals surface area (Å²) in [6, 6.07) is 34.1. The third-order valence-electron chi connectivity index (χ3n) is 8.13. The molecule has 0 saturated carbocycles. The van der Waals surface area contributed by atoms with Crippen LogP contribution in [0, 0.1) is 0 Å². The Morgan fingerprint density at radius 2 is 1.51 bits per heavy atom. The number of aliphatic hydroxyl groups excluding tert-OH is 2. The average Bonchev–Trinajstić information content (AvgIpc) is 3.04. The molecule has 6 heteroatoms. The minimum absolute atomic E-state index is 0.00617. The highest BCUT2D eigenvalue weighted by atomic mass is 16.7. The number of hydrogen-bond donors (Lipinski definition) is 3. The number of nitrogens with two attached hydrogens (primary N) is 1. The van der Waals surface area contributed by atoms with E-state index in [9.17, 15) is 10.2 Å². The summed E-state index contributed by atoms with van der Waals surface area (Å²) in [4.78, 5) is 2.16. The summed E-state index contributed by atoms with van der Waals surface area (Å²) in [5.41, 5.74) is 13.1. The number of likely N-dealkylation sites (N-methyl/N-ethyl adjacent to an activating group) is 1. The Bertz CT molecular complexity index is 1380. The molecule has 41 heavy (non-hydrogen) atoms. The van der Waals surface area contributed by atoms with Gasteiger partial charge in [-0.3, -0.25) is 4.90 Å². The smallest absolute Gasteiger partial charge is 0.184 e. The Morgan fingerprint density at radius 3 is 2.20 bits per heavy atom. The first-order valence-corrected chi connectivity index (χ1v) is 14.3. The second kappa shape index (κ2) is 13.5. The zero-order valence-corrected chi connectivity index (χ0v) is 23.8. The third kappa shape index (κ3) is 6.93. The molecule has 1 fully saturated rings. The minimum Gasteiger partial charge on any atom is -0.392 e. The van der Waals surface area contributed by atoms with Gasteiger partial charge in [0.25, 0.3) is 0 Å². The molecule has 0 amide bonds. The van der Waals surface area contributed by atoms with E-state index >= 15 is 0 Å². The molecule has 6 nitrogen and oxygen atoms in total. The average molecular weight is 553 g/mol. The lowest BCUT2D eigenvalue weighted by molar-refractivity contribution is -0.253. The van der Waals surface area contributed by atoms with Gasteiger partial charge in [-0.05, 0) is 47.4 Å². The van der Waals surface area contributed by atoms with Crippen molar-refractivity contribution in [3.05, 3.63) is 131 Å². The molecule has 1 aliphatic rings. The van der Waals surface area contributed by atoms with Gasteiger partial charge in [0.15, 0.2) is 6.29 Å². The Morgan fingerprint density at radius 1 is 0.854 bits per heavy atom. The van der Waals surface area contributed by atoms with Crippen LogP contribution in [0.3, 0.4) is 0 Å². The SMILES string of the molecule is C[C@@H]([C@H](O)c1ccccc1)N(C)C[C@H]1C[C@@H](c2ccc(CO)cc2)O[C@@H](c2ccc(-c3ccccc3CN)cc2)O1. The Kier molecular flexibility index (Phi) is 9.62. The van der Waals surface area contributed by atoms with Crippen molar-refractivity contribution in [2.24, 2.45) is 5.73 Å². The molecule has 4 aromatic carbocycles. The van der Waals surface area contributed by atoms with E-state index in [2.05, 4.69) is 41.3 Å². The van der Waals surface area contributed by atoms with Crippen LogP contribution in [0.25, 0.3) is 11.1 Å². The minimum atomic E-state index is -0.609. The first-order valence-electron chi connectivity index (χ1n) is 14.3. The molecule has 0 unspecified atom stereocenters. The molecular weight excluding hydrogens is 512 g/mol. The van der Waals surface area contributed by atoms with Crippen LogP contribution in [0.1, 0.15) is 59.7 Å². The Balaban J connectivity index is 1.36. The molecule has 0 spiro atoms. The number of nitrogens with zero attached hydrogens (tertiary/aromatic N) is 1. The maximum atomic E-state index is 11.0. The van der Waals surface area contributed by atoms with Gasteiger partial charge < -0.3 is 25.4 Å². The second-order valence-electron chi connectivity index (χ2n) is 10.9. The zero-order valence-electron chi connectivity index (χ0n) is 23.8. The highest BCUT2D eigenvalue weighted by molar-refractivity contribution is 5.67. The fourth-order valence-corrected chi connectivity index (χ4v) is 5.49. The van der Waals surface area contributed by atoms with E-state index in [-0.39, 0.29) is 24.9 Å². The first kappa shape index (κ1) is 29.1. The van der Waals surface area contributed by atoms with Crippen molar-refractivity contribution >= 4 is 0 Å². The van der Waals surface area contributed by atoms with E-state index in [1.54, 1.807) is 0 Å². The monoisotopic (exact) mass is 552 g/mol. The molecule has 0 aliphatic carbocycles. The van der Waals surface area contributed by atoms with Gasteiger partial charge in [0.05, 0.1) is 24.9 Å². The molecule has 4 aromatic rings. The standard InChI is InChI=1S/C35H40N2O4/c1-24(34(39)28-8-4-3-5-9-28)37(2)22-31-20-33(27-14-12-25(23-38)13-15-27)41-35(40-31)29-18-16-26(17-19-29)32-11-7-6-10-30(32)21-36/h3-19,24,31,33-35,38-39H,20-23,36H2,1-2H3/t24-,31+,33-,34-,35-/m0/s1. The second-order valence-corrected chi connectivity index (χ2v) is 10.9. The molecule has 1 aliphatic heterocycles. The molecular formula is C35H40N2O4. The summed E-state index contributed by atoms with van der Waals surface area (Å²) in [6.07, 6.45) is -0.772. The fourth-order valence-electron chi connectivity index (χ4n) is 5.49. The summed E-state index contributed by atoms with van der Waals surface area (Å²) in [7, 11) is 2.03. The van der Waals surface area contributed by atoms with E-state index < -0.39 is 12.4 Å². The van der Waals surface area contributed by atoms with Crippen molar-refractivity contribution in [1.29, 1.82) is 0 Å². The lowest BCUT2D eigenvalue weighted by atomic mass is 9.97. The number of benzene rings is 4. The molecule has 0 bridgehead atoms. The predicted molar refractivity (Wildman–Crippen MR) is 162 cm³/mol. The topological polar surface area (TPSA) is 88.2 Å². The zero-order chi connectivity index (χ0) is 28.8. The summed E-state index contributed by atoms with van der Waals surface area (Å²) in [5.74, 6) is 0. The normalized spacial score (nSPS) is 20.6. The van der Waals surface area contributed by atoms with E-state index in [4.69, 9.17) is 15.2 Å². The quantitative estimate of drug-likeness (QED) is 0.227. The van der Waals surface area contributed by atoms with Crippen molar-refractivity contribution in [3.8, 4) is 11.1 Å². The number of ether oxygens (including phenoxy) is 2. The molecule has 0 aromatic heterocycles. The van der Waals surface area contributed by atoms with E-state index in [0.717, 1.165) is 38.9 Å². The summed E-state index contributed by atoms with van der Waals surface area (Å²) in [6.45, 7) is 3.16. The largest absolute Gasteiger partial charge is 0.392 e. The van der Waals surface area contributed by atoms with Gasteiger partial charge in [0, 0.05) is 31.1 Å². The van der Waals surface area contributed by atoms with Crippen molar-refractivity contribution in [1.82, 2.24) is 4.90 Å². The van der Waals surface area contributed by atoms with E-state index in [1.165, 1.54) is 0 Å². The molecule has 214 valence electrons. The van der Waals surface area contributed by atoms with E-state index in [0.29, 0.717) is 19.5 Å². The van der Waals surface area contributed by atoms with Gasteiger partial charge in [-0.2, -0.15) is 0 Å². The predicted octanol–water partition coefficient (Wildman–Crippen LogP) is 5.90. The van der Waals surface area contributed by atoms with Crippen molar-refractivity contribution in [2.75, 3.05) is 13.6 Å². The molecule has 0 radical (unpaired) electrons. The molecule has 5 atom stereocenters. The molecule has 5 rings (SSSR count). The van der Waals surface area contributed by atoms with Crippen LogP contribution in [0.15, 0.2) is 103 Å². The van der Waals surface area contributed by atoms with Crippen LogP contribution in [-0.4, -0.2) is 40.9 Å². The van der Waals surface area contributed by atoms with Crippen LogP contribution >= 0.6 is 0 Å². The van der Waals surface area contributed by atoms with Crippen LogP contribution in [0.2, 0.25) is 0 Å². The van der Waals surface area contributed by atoms with Crippen LogP contribution in [-0.2, 0) is 22.6 Å². The Labute approximate surface area is 243 Å². The van der Waals surface area contributed by atoms with Crippen molar-refractivity contribution in [2.45, 2.75) is 57.1 Å². The highest BCUT2D eigenvalue weighted by Gasteiger charge is 2.34.